The van der Waals surface area contributed by atoms with Crippen molar-refractivity contribution in [2.45, 2.75) is 44.7 Å². The largest absolute Gasteiger partial charge is 0.395 e. The molecule has 2 N–H and O–H groups in total. The highest BCUT2D eigenvalue weighted by molar-refractivity contribution is 5.73. The summed E-state index contributed by atoms with van der Waals surface area (Å²) in [6.45, 7) is 2.39. The predicted molar refractivity (Wildman–Crippen MR) is 59.6 cm³/mol. The smallest absolute Gasteiger partial charge is 0.219 e. The maximum atomic E-state index is 11.3. The molecule has 0 aliphatic heterocycles. The Balaban J connectivity index is 2.52. The second-order valence-electron chi connectivity index (χ2n) is 4.27. The Morgan fingerprint density at radius 1 is 1.47 bits per heavy atom. The van der Waals surface area contributed by atoms with Crippen LogP contribution in [0.2, 0.25) is 0 Å². The molecule has 0 aromatic heterocycles. The summed E-state index contributed by atoms with van der Waals surface area (Å²) in [5.74, 6) is 0.123. The Morgan fingerprint density at radius 3 is 2.73 bits per heavy atom. The van der Waals surface area contributed by atoms with E-state index in [4.69, 9.17) is 5.11 Å². The number of carbonyl (C=O) groups is 1. The molecule has 0 aromatic carbocycles. The molecule has 2 atom stereocenters. The van der Waals surface area contributed by atoms with Gasteiger partial charge in [-0.25, -0.2) is 0 Å². The summed E-state index contributed by atoms with van der Waals surface area (Å²) in [7, 11) is 1.87. The van der Waals surface area contributed by atoms with Crippen molar-refractivity contribution >= 4 is 5.91 Å². The van der Waals surface area contributed by atoms with E-state index in [1.54, 1.807) is 6.92 Å². The molecule has 1 saturated carbocycles. The Morgan fingerprint density at radius 2 is 2.13 bits per heavy atom. The van der Waals surface area contributed by atoms with E-state index in [-0.39, 0.29) is 12.5 Å². The quantitative estimate of drug-likeness (QED) is 0.710. The lowest BCUT2D eigenvalue weighted by Crippen LogP contribution is -2.52. The molecule has 0 bridgehead atoms. The van der Waals surface area contributed by atoms with Crippen molar-refractivity contribution in [1.29, 1.82) is 0 Å². The molecule has 0 spiro atoms. The van der Waals surface area contributed by atoms with Crippen molar-refractivity contribution in [3.63, 3.8) is 0 Å². The first kappa shape index (κ1) is 12.5. The second-order valence-corrected chi connectivity index (χ2v) is 4.27. The van der Waals surface area contributed by atoms with Gasteiger partial charge in [-0.1, -0.05) is 12.8 Å². The molecule has 0 aromatic rings. The minimum Gasteiger partial charge on any atom is -0.395 e. The highest BCUT2D eigenvalue weighted by atomic mass is 16.3. The van der Waals surface area contributed by atoms with Crippen molar-refractivity contribution in [2.24, 2.45) is 0 Å². The standard InChI is InChI=1S/C11H22N2O2/c1-9(15)13(2)11-6-4-3-5-10(11)12-7-8-14/h10-12,14H,3-8H2,1-2H3/t10-,11+/m0/s1. The first-order chi connectivity index (χ1) is 7.16. The van der Waals surface area contributed by atoms with E-state index >= 15 is 0 Å². The van der Waals surface area contributed by atoms with Crippen LogP contribution in [0.1, 0.15) is 32.6 Å². The summed E-state index contributed by atoms with van der Waals surface area (Å²) < 4.78 is 0. The van der Waals surface area contributed by atoms with E-state index in [1.807, 2.05) is 11.9 Å². The summed E-state index contributed by atoms with van der Waals surface area (Å²) in [5, 5.41) is 12.1. The number of aliphatic hydroxyl groups is 1. The zero-order valence-corrected chi connectivity index (χ0v) is 9.70. The van der Waals surface area contributed by atoms with Crippen molar-refractivity contribution in [2.75, 3.05) is 20.2 Å². The molecule has 1 fully saturated rings. The molecular formula is C11H22N2O2. The van der Waals surface area contributed by atoms with E-state index in [0.717, 1.165) is 12.8 Å². The monoisotopic (exact) mass is 214 g/mol. The minimum absolute atomic E-state index is 0.123. The summed E-state index contributed by atoms with van der Waals surface area (Å²) in [4.78, 5) is 13.1. The van der Waals surface area contributed by atoms with Gasteiger partial charge >= 0.3 is 0 Å². The Labute approximate surface area is 91.6 Å². The highest BCUT2D eigenvalue weighted by Crippen LogP contribution is 2.22. The van der Waals surface area contributed by atoms with Gasteiger partial charge in [0.2, 0.25) is 5.91 Å². The molecule has 88 valence electrons. The normalized spacial score (nSPS) is 26.3. The lowest BCUT2D eigenvalue weighted by Gasteiger charge is -2.38. The van der Waals surface area contributed by atoms with E-state index in [9.17, 15) is 4.79 Å². The molecule has 4 heteroatoms. The molecule has 1 aliphatic carbocycles. The van der Waals surface area contributed by atoms with Crippen LogP contribution in [0.3, 0.4) is 0 Å². The zero-order valence-electron chi connectivity index (χ0n) is 9.70. The molecule has 0 saturated heterocycles. The van der Waals surface area contributed by atoms with E-state index < -0.39 is 0 Å². The molecular weight excluding hydrogens is 192 g/mol. The third-order valence-corrected chi connectivity index (χ3v) is 3.24. The van der Waals surface area contributed by atoms with Gasteiger partial charge < -0.3 is 15.3 Å². The van der Waals surface area contributed by atoms with Gasteiger partial charge in [0.25, 0.3) is 0 Å². The van der Waals surface area contributed by atoms with Gasteiger partial charge in [0.05, 0.1) is 6.61 Å². The number of carbonyl (C=O) groups excluding carboxylic acids is 1. The van der Waals surface area contributed by atoms with Gasteiger partial charge in [-0.15, -0.1) is 0 Å². The fraction of sp³-hybridized carbons (Fsp3) is 0.909. The summed E-state index contributed by atoms with van der Waals surface area (Å²) in [6, 6.07) is 0.641. The van der Waals surface area contributed by atoms with Crippen molar-refractivity contribution in [3.8, 4) is 0 Å². The third-order valence-electron chi connectivity index (χ3n) is 3.24. The predicted octanol–water partition coefficient (Wildman–Crippen LogP) is 0.358. The van der Waals surface area contributed by atoms with Gasteiger partial charge in [-0.05, 0) is 12.8 Å². The highest BCUT2D eigenvalue weighted by Gasteiger charge is 2.28. The van der Waals surface area contributed by atoms with Gasteiger partial charge in [0.15, 0.2) is 0 Å². The lowest BCUT2D eigenvalue weighted by molar-refractivity contribution is -0.130. The molecule has 1 rings (SSSR count). The van der Waals surface area contributed by atoms with Crippen LogP contribution in [0.15, 0.2) is 0 Å². The molecule has 15 heavy (non-hydrogen) atoms. The van der Waals surface area contributed by atoms with E-state index in [0.29, 0.717) is 18.6 Å². The first-order valence-electron chi connectivity index (χ1n) is 5.74. The molecule has 1 amide bonds. The number of nitrogens with one attached hydrogen (secondary N) is 1. The van der Waals surface area contributed by atoms with Crippen LogP contribution in [-0.4, -0.2) is 48.2 Å². The van der Waals surface area contributed by atoms with Crippen LogP contribution >= 0.6 is 0 Å². The van der Waals surface area contributed by atoms with Crippen LogP contribution in [0.25, 0.3) is 0 Å². The maximum Gasteiger partial charge on any atom is 0.219 e. The van der Waals surface area contributed by atoms with Gasteiger partial charge in [0.1, 0.15) is 0 Å². The fourth-order valence-corrected chi connectivity index (χ4v) is 2.30. The fourth-order valence-electron chi connectivity index (χ4n) is 2.30. The zero-order chi connectivity index (χ0) is 11.3. The number of nitrogens with zero attached hydrogens (tertiary/aromatic N) is 1. The summed E-state index contributed by atoms with van der Waals surface area (Å²) in [6.07, 6.45) is 4.58. The molecule has 0 radical (unpaired) electrons. The average Bonchev–Trinajstić information content (AvgIpc) is 2.25. The third kappa shape index (κ3) is 3.47. The summed E-state index contributed by atoms with van der Waals surface area (Å²) >= 11 is 0. The minimum atomic E-state index is 0.123. The topological polar surface area (TPSA) is 52.6 Å². The van der Waals surface area contributed by atoms with Crippen molar-refractivity contribution in [3.05, 3.63) is 0 Å². The van der Waals surface area contributed by atoms with Crippen LogP contribution in [0.4, 0.5) is 0 Å². The first-order valence-corrected chi connectivity index (χ1v) is 5.74. The van der Waals surface area contributed by atoms with E-state index in [1.165, 1.54) is 12.8 Å². The van der Waals surface area contributed by atoms with Crippen LogP contribution in [0.5, 0.6) is 0 Å². The number of hydrogen-bond donors (Lipinski definition) is 2. The van der Waals surface area contributed by atoms with E-state index in [2.05, 4.69) is 5.32 Å². The average molecular weight is 214 g/mol. The number of rotatable bonds is 4. The van der Waals surface area contributed by atoms with Crippen LogP contribution in [-0.2, 0) is 4.79 Å². The van der Waals surface area contributed by atoms with Gasteiger partial charge in [0, 0.05) is 32.6 Å². The Hall–Kier alpha value is -0.610. The second kappa shape index (κ2) is 6.08. The van der Waals surface area contributed by atoms with Crippen LogP contribution < -0.4 is 5.32 Å². The lowest BCUT2D eigenvalue weighted by atomic mass is 9.89. The van der Waals surface area contributed by atoms with Crippen molar-refractivity contribution < 1.29 is 9.90 Å². The summed E-state index contributed by atoms with van der Waals surface area (Å²) in [5.41, 5.74) is 0. The maximum absolute atomic E-state index is 11.3. The Bertz CT molecular complexity index is 209. The number of amides is 1. The van der Waals surface area contributed by atoms with Crippen LogP contribution in [0, 0.1) is 0 Å². The SMILES string of the molecule is CC(=O)N(C)[C@@H]1CCCC[C@@H]1NCCO. The Kier molecular flexibility index (Phi) is 5.05. The number of likely N-dealkylation sites (N-methyl/N-ethyl adjacent to an activating group) is 1. The molecule has 0 heterocycles. The molecule has 1 aliphatic rings. The molecule has 0 unspecified atom stereocenters. The molecule has 4 nitrogen and oxygen atoms in total. The van der Waals surface area contributed by atoms with Crippen molar-refractivity contribution in [1.82, 2.24) is 10.2 Å². The van der Waals surface area contributed by atoms with Gasteiger partial charge in [-0.2, -0.15) is 0 Å². The van der Waals surface area contributed by atoms with Gasteiger partial charge in [-0.3, -0.25) is 4.79 Å². The number of aliphatic hydroxyl groups excluding tert-OH is 1. The number of hydrogen-bond acceptors (Lipinski definition) is 3.